The first kappa shape index (κ1) is 15.3. The quantitative estimate of drug-likeness (QED) is 0.805. The van der Waals surface area contributed by atoms with E-state index in [-0.39, 0.29) is 11.9 Å². The summed E-state index contributed by atoms with van der Waals surface area (Å²) in [6.45, 7) is 2.50. The van der Waals surface area contributed by atoms with Crippen molar-refractivity contribution in [3.8, 4) is 0 Å². The Kier molecular flexibility index (Phi) is 4.97. The summed E-state index contributed by atoms with van der Waals surface area (Å²) in [5.74, 6) is -0.0577. The minimum atomic E-state index is -0.437. The Balaban J connectivity index is 1.49. The number of hydrogen-bond donors (Lipinski definition) is 2. The van der Waals surface area contributed by atoms with E-state index in [4.69, 9.17) is 4.74 Å². The van der Waals surface area contributed by atoms with Gasteiger partial charge in [-0.05, 0) is 19.3 Å². The van der Waals surface area contributed by atoms with Gasteiger partial charge in [0.05, 0.1) is 18.9 Å². The van der Waals surface area contributed by atoms with Gasteiger partial charge in [-0.2, -0.15) is 0 Å². The fourth-order valence-corrected chi connectivity index (χ4v) is 3.04. The number of ether oxygens (including phenoxy) is 1. The molecule has 0 saturated carbocycles. The topological polar surface area (TPSA) is 87.6 Å². The summed E-state index contributed by atoms with van der Waals surface area (Å²) in [6.07, 6.45) is 6.77. The number of aliphatic hydroxyl groups is 1. The normalized spacial score (nSPS) is 26.9. The van der Waals surface area contributed by atoms with Gasteiger partial charge in [-0.25, -0.2) is 4.98 Å². The molecule has 2 aliphatic rings. The molecule has 2 aliphatic heterocycles. The molecule has 1 amide bonds. The van der Waals surface area contributed by atoms with E-state index in [0.29, 0.717) is 38.0 Å². The summed E-state index contributed by atoms with van der Waals surface area (Å²) in [5, 5.41) is 13.4. The maximum Gasteiger partial charge on any atom is 0.274 e. The van der Waals surface area contributed by atoms with Crippen LogP contribution in [-0.4, -0.2) is 70.4 Å². The van der Waals surface area contributed by atoms with Gasteiger partial charge in [0, 0.05) is 44.2 Å². The standard InChI is InChI=1S/C15H22N4O3/c20-14-10-22-8-3-12(14)18-11-1-6-19(7-2-11)15(21)13-9-16-4-5-17-13/h4-5,9,11-12,14,18,20H,1-3,6-8,10H2/t12-,14-/m1/s1. The van der Waals surface area contributed by atoms with Crippen molar-refractivity contribution in [3.05, 3.63) is 24.3 Å². The fourth-order valence-electron chi connectivity index (χ4n) is 3.04. The maximum atomic E-state index is 12.3. The molecule has 2 saturated heterocycles. The number of amides is 1. The van der Waals surface area contributed by atoms with Crippen LogP contribution in [-0.2, 0) is 4.74 Å². The number of nitrogens with zero attached hydrogens (tertiary/aromatic N) is 3. The summed E-state index contributed by atoms with van der Waals surface area (Å²) in [6, 6.07) is 0.435. The molecule has 3 rings (SSSR count). The van der Waals surface area contributed by atoms with Crippen LogP contribution in [0.1, 0.15) is 29.8 Å². The Morgan fingerprint density at radius 3 is 2.82 bits per heavy atom. The van der Waals surface area contributed by atoms with Crippen LogP contribution in [0.3, 0.4) is 0 Å². The number of piperidine rings is 1. The average molecular weight is 306 g/mol. The van der Waals surface area contributed by atoms with Crippen molar-refractivity contribution in [1.82, 2.24) is 20.2 Å². The van der Waals surface area contributed by atoms with Gasteiger partial charge in [0.2, 0.25) is 0 Å². The Hall–Kier alpha value is -1.57. The molecule has 2 fully saturated rings. The van der Waals surface area contributed by atoms with Crippen molar-refractivity contribution >= 4 is 5.91 Å². The number of nitrogens with one attached hydrogen (secondary N) is 1. The van der Waals surface area contributed by atoms with Gasteiger partial charge in [-0.3, -0.25) is 9.78 Å². The maximum absolute atomic E-state index is 12.3. The van der Waals surface area contributed by atoms with Gasteiger partial charge < -0.3 is 20.1 Å². The fraction of sp³-hybridized carbons (Fsp3) is 0.667. The molecule has 2 N–H and O–H groups in total. The molecule has 0 radical (unpaired) electrons. The Bertz CT molecular complexity index is 491. The van der Waals surface area contributed by atoms with Crippen molar-refractivity contribution in [2.75, 3.05) is 26.3 Å². The van der Waals surface area contributed by atoms with E-state index in [2.05, 4.69) is 15.3 Å². The van der Waals surface area contributed by atoms with Crippen LogP contribution < -0.4 is 5.32 Å². The number of likely N-dealkylation sites (tertiary alicyclic amines) is 1. The van der Waals surface area contributed by atoms with Crippen molar-refractivity contribution < 1.29 is 14.6 Å². The Morgan fingerprint density at radius 1 is 1.32 bits per heavy atom. The molecule has 3 heterocycles. The lowest BCUT2D eigenvalue weighted by Crippen LogP contribution is -2.53. The number of carbonyl (C=O) groups excluding carboxylic acids is 1. The van der Waals surface area contributed by atoms with Crippen molar-refractivity contribution in [1.29, 1.82) is 0 Å². The lowest BCUT2D eigenvalue weighted by molar-refractivity contribution is -0.0319. The molecular weight excluding hydrogens is 284 g/mol. The highest BCUT2D eigenvalue weighted by molar-refractivity contribution is 5.92. The molecule has 1 aromatic heterocycles. The summed E-state index contributed by atoms with van der Waals surface area (Å²) in [4.78, 5) is 22.1. The molecule has 7 nitrogen and oxygen atoms in total. The van der Waals surface area contributed by atoms with Gasteiger partial charge in [-0.1, -0.05) is 0 Å². The second kappa shape index (κ2) is 7.13. The largest absolute Gasteiger partial charge is 0.389 e. The molecule has 0 spiro atoms. The van der Waals surface area contributed by atoms with E-state index in [0.717, 1.165) is 19.3 Å². The summed E-state index contributed by atoms with van der Waals surface area (Å²) >= 11 is 0. The van der Waals surface area contributed by atoms with Crippen LogP contribution in [0.15, 0.2) is 18.6 Å². The second-order valence-corrected chi connectivity index (χ2v) is 5.86. The first-order valence-corrected chi connectivity index (χ1v) is 7.81. The smallest absolute Gasteiger partial charge is 0.274 e. The molecule has 22 heavy (non-hydrogen) atoms. The molecule has 2 atom stereocenters. The van der Waals surface area contributed by atoms with Gasteiger partial charge in [-0.15, -0.1) is 0 Å². The van der Waals surface area contributed by atoms with E-state index >= 15 is 0 Å². The van der Waals surface area contributed by atoms with E-state index < -0.39 is 6.10 Å². The summed E-state index contributed by atoms with van der Waals surface area (Å²) < 4.78 is 5.24. The van der Waals surface area contributed by atoms with Crippen molar-refractivity contribution in [2.24, 2.45) is 0 Å². The number of carbonyl (C=O) groups is 1. The molecule has 0 aliphatic carbocycles. The molecule has 120 valence electrons. The van der Waals surface area contributed by atoms with Gasteiger partial charge in [0.15, 0.2) is 0 Å². The van der Waals surface area contributed by atoms with E-state index in [1.807, 2.05) is 4.90 Å². The van der Waals surface area contributed by atoms with Crippen LogP contribution >= 0.6 is 0 Å². The highest BCUT2D eigenvalue weighted by Crippen LogP contribution is 2.16. The molecular formula is C15H22N4O3. The molecule has 0 aromatic carbocycles. The van der Waals surface area contributed by atoms with Crippen LogP contribution in [0, 0.1) is 0 Å². The van der Waals surface area contributed by atoms with Gasteiger partial charge >= 0.3 is 0 Å². The number of rotatable bonds is 3. The van der Waals surface area contributed by atoms with Crippen molar-refractivity contribution in [3.63, 3.8) is 0 Å². The summed E-state index contributed by atoms with van der Waals surface area (Å²) in [5.41, 5.74) is 0.397. The third-order valence-electron chi connectivity index (χ3n) is 4.34. The minimum Gasteiger partial charge on any atom is -0.389 e. The van der Waals surface area contributed by atoms with Crippen molar-refractivity contribution in [2.45, 2.75) is 37.5 Å². The second-order valence-electron chi connectivity index (χ2n) is 5.86. The highest BCUT2D eigenvalue weighted by atomic mass is 16.5. The van der Waals surface area contributed by atoms with Crippen LogP contribution in [0.5, 0.6) is 0 Å². The first-order valence-electron chi connectivity index (χ1n) is 7.81. The Morgan fingerprint density at radius 2 is 2.14 bits per heavy atom. The average Bonchev–Trinajstić information content (AvgIpc) is 2.58. The summed E-state index contributed by atoms with van der Waals surface area (Å²) in [7, 11) is 0. The third-order valence-corrected chi connectivity index (χ3v) is 4.34. The predicted molar refractivity (Wildman–Crippen MR) is 79.3 cm³/mol. The molecule has 7 heteroatoms. The molecule has 0 bridgehead atoms. The van der Waals surface area contributed by atoms with Crippen LogP contribution in [0.2, 0.25) is 0 Å². The van der Waals surface area contributed by atoms with E-state index in [9.17, 15) is 9.90 Å². The van der Waals surface area contributed by atoms with Crippen LogP contribution in [0.4, 0.5) is 0 Å². The predicted octanol–water partition coefficient (Wildman–Crippen LogP) is -0.179. The molecule has 1 aromatic rings. The lowest BCUT2D eigenvalue weighted by atomic mass is 10.00. The number of aliphatic hydroxyl groups excluding tert-OH is 1. The van der Waals surface area contributed by atoms with E-state index in [1.165, 1.54) is 12.4 Å². The number of aromatic nitrogens is 2. The zero-order valence-electron chi connectivity index (χ0n) is 12.5. The van der Waals surface area contributed by atoms with Gasteiger partial charge in [0.1, 0.15) is 5.69 Å². The zero-order chi connectivity index (χ0) is 15.4. The van der Waals surface area contributed by atoms with E-state index in [1.54, 1.807) is 6.20 Å². The third kappa shape index (κ3) is 3.60. The zero-order valence-corrected chi connectivity index (χ0v) is 12.5. The SMILES string of the molecule is O=C(c1cnccn1)N1CCC(N[C@@H]2CCOC[C@H]2O)CC1. The van der Waals surface area contributed by atoms with Crippen LogP contribution in [0.25, 0.3) is 0 Å². The van der Waals surface area contributed by atoms with Gasteiger partial charge in [0.25, 0.3) is 5.91 Å². The molecule has 0 unspecified atom stereocenters. The lowest BCUT2D eigenvalue weighted by Gasteiger charge is -2.37. The highest BCUT2D eigenvalue weighted by Gasteiger charge is 2.29. The monoisotopic (exact) mass is 306 g/mol. The Labute approximate surface area is 129 Å². The number of hydrogen-bond acceptors (Lipinski definition) is 6. The first-order chi connectivity index (χ1) is 10.7. The minimum absolute atomic E-state index is 0.0577.